The van der Waals surface area contributed by atoms with E-state index in [1.165, 1.54) is 0 Å². The summed E-state index contributed by atoms with van der Waals surface area (Å²) in [6, 6.07) is 19.2. The first kappa shape index (κ1) is 17.2. The zero-order valence-corrected chi connectivity index (χ0v) is 13.6. The Hall–Kier alpha value is -2.17. The SMILES string of the molecule is COC(CNC(=O)C(C)C(N)c1ccccc1)c1ccccc1. The van der Waals surface area contributed by atoms with Crippen LogP contribution in [0.25, 0.3) is 0 Å². The zero-order chi connectivity index (χ0) is 16.7. The Kier molecular flexibility index (Phi) is 6.32. The molecule has 0 heterocycles. The molecular formula is C19H24N2O2. The van der Waals surface area contributed by atoms with Crippen molar-refractivity contribution >= 4 is 5.91 Å². The number of rotatable bonds is 7. The van der Waals surface area contributed by atoms with Gasteiger partial charge < -0.3 is 15.8 Å². The Morgan fingerprint density at radius 3 is 2.09 bits per heavy atom. The third-order valence-corrected chi connectivity index (χ3v) is 4.05. The monoisotopic (exact) mass is 312 g/mol. The summed E-state index contributed by atoms with van der Waals surface area (Å²) in [5.41, 5.74) is 8.19. The van der Waals surface area contributed by atoms with Crippen molar-refractivity contribution in [1.82, 2.24) is 5.32 Å². The molecule has 0 radical (unpaired) electrons. The molecule has 0 bridgehead atoms. The number of carbonyl (C=O) groups is 1. The van der Waals surface area contributed by atoms with E-state index in [2.05, 4.69) is 5.32 Å². The topological polar surface area (TPSA) is 64.3 Å². The van der Waals surface area contributed by atoms with Crippen LogP contribution in [0.4, 0.5) is 0 Å². The van der Waals surface area contributed by atoms with Gasteiger partial charge in [0.1, 0.15) is 0 Å². The molecule has 2 aromatic carbocycles. The molecule has 2 rings (SSSR count). The number of amides is 1. The van der Waals surface area contributed by atoms with Crippen molar-refractivity contribution in [1.29, 1.82) is 0 Å². The smallest absolute Gasteiger partial charge is 0.224 e. The molecule has 3 N–H and O–H groups in total. The highest BCUT2D eigenvalue weighted by atomic mass is 16.5. The highest BCUT2D eigenvalue weighted by Gasteiger charge is 2.23. The van der Waals surface area contributed by atoms with Crippen LogP contribution in [0.15, 0.2) is 60.7 Å². The van der Waals surface area contributed by atoms with Crippen molar-refractivity contribution in [3.8, 4) is 0 Å². The maximum absolute atomic E-state index is 12.4. The van der Waals surface area contributed by atoms with Gasteiger partial charge in [-0.3, -0.25) is 4.79 Å². The van der Waals surface area contributed by atoms with Gasteiger partial charge in [-0.2, -0.15) is 0 Å². The van der Waals surface area contributed by atoms with Gasteiger partial charge in [-0.25, -0.2) is 0 Å². The molecule has 0 aliphatic carbocycles. The summed E-state index contributed by atoms with van der Waals surface area (Å²) < 4.78 is 5.47. The van der Waals surface area contributed by atoms with E-state index in [1.807, 2.05) is 67.6 Å². The van der Waals surface area contributed by atoms with E-state index in [1.54, 1.807) is 7.11 Å². The van der Waals surface area contributed by atoms with Gasteiger partial charge >= 0.3 is 0 Å². The maximum Gasteiger partial charge on any atom is 0.224 e. The molecular weight excluding hydrogens is 288 g/mol. The van der Waals surface area contributed by atoms with Gasteiger partial charge in [-0.05, 0) is 11.1 Å². The Balaban J connectivity index is 1.93. The van der Waals surface area contributed by atoms with Crippen LogP contribution in [-0.2, 0) is 9.53 Å². The molecule has 0 saturated heterocycles. The highest BCUT2D eigenvalue weighted by Crippen LogP contribution is 2.20. The molecule has 3 unspecified atom stereocenters. The number of nitrogens with two attached hydrogens (primary N) is 1. The van der Waals surface area contributed by atoms with Gasteiger partial charge in [0.2, 0.25) is 5.91 Å². The quantitative estimate of drug-likeness (QED) is 0.826. The van der Waals surface area contributed by atoms with E-state index in [4.69, 9.17) is 10.5 Å². The number of ether oxygens (including phenoxy) is 1. The second-order valence-electron chi connectivity index (χ2n) is 5.61. The number of hydrogen-bond acceptors (Lipinski definition) is 3. The van der Waals surface area contributed by atoms with Gasteiger partial charge in [0.05, 0.1) is 12.0 Å². The largest absolute Gasteiger partial charge is 0.375 e. The fourth-order valence-electron chi connectivity index (χ4n) is 2.49. The number of hydrogen-bond donors (Lipinski definition) is 2. The molecule has 0 fully saturated rings. The lowest BCUT2D eigenvalue weighted by atomic mass is 9.94. The Morgan fingerprint density at radius 1 is 1.04 bits per heavy atom. The molecule has 4 nitrogen and oxygen atoms in total. The minimum Gasteiger partial charge on any atom is -0.375 e. The van der Waals surface area contributed by atoms with Crippen LogP contribution in [0, 0.1) is 5.92 Å². The first-order chi connectivity index (χ1) is 11.1. The van der Waals surface area contributed by atoms with Crippen molar-refractivity contribution in [2.45, 2.75) is 19.1 Å². The summed E-state index contributed by atoms with van der Waals surface area (Å²) in [6.45, 7) is 2.27. The fourth-order valence-corrected chi connectivity index (χ4v) is 2.49. The summed E-state index contributed by atoms with van der Waals surface area (Å²) in [7, 11) is 1.64. The summed E-state index contributed by atoms with van der Waals surface area (Å²) in [5.74, 6) is -0.384. The Labute approximate surface area is 137 Å². The van der Waals surface area contributed by atoms with Crippen LogP contribution < -0.4 is 11.1 Å². The van der Waals surface area contributed by atoms with Crippen LogP contribution in [-0.4, -0.2) is 19.6 Å². The van der Waals surface area contributed by atoms with Crippen LogP contribution in [0.2, 0.25) is 0 Å². The lowest BCUT2D eigenvalue weighted by Crippen LogP contribution is -2.37. The van der Waals surface area contributed by atoms with Gasteiger partial charge in [0.15, 0.2) is 0 Å². The third kappa shape index (κ3) is 4.65. The van der Waals surface area contributed by atoms with Crippen LogP contribution >= 0.6 is 0 Å². The predicted molar refractivity (Wildman–Crippen MR) is 91.7 cm³/mol. The average molecular weight is 312 g/mol. The first-order valence-corrected chi connectivity index (χ1v) is 7.79. The van der Waals surface area contributed by atoms with E-state index in [9.17, 15) is 4.79 Å². The van der Waals surface area contributed by atoms with Gasteiger partial charge in [-0.1, -0.05) is 67.6 Å². The maximum atomic E-state index is 12.4. The van der Waals surface area contributed by atoms with Gasteiger partial charge in [0, 0.05) is 19.7 Å². The molecule has 23 heavy (non-hydrogen) atoms. The van der Waals surface area contributed by atoms with Crippen molar-refractivity contribution in [3.05, 3.63) is 71.8 Å². The average Bonchev–Trinajstić information content (AvgIpc) is 2.62. The number of benzene rings is 2. The minimum absolute atomic E-state index is 0.0701. The van der Waals surface area contributed by atoms with E-state index in [0.717, 1.165) is 11.1 Å². The van der Waals surface area contributed by atoms with Crippen molar-refractivity contribution in [2.24, 2.45) is 11.7 Å². The molecule has 0 spiro atoms. The van der Waals surface area contributed by atoms with Crippen LogP contribution in [0.1, 0.15) is 30.2 Å². The molecule has 2 aromatic rings. The van der Waals surface area contributed by atoms with E-state index < -0.39 is 0 Å². The molecule has 0 saturated carbocycles. The van der Waals surface area contributed by atoms with Crippen LogP contribution in [0.3, 0.4) is 0 Å². The van der Waals surface area contributed by atoms with E-state index in [0.29, 0.717) is 6.54 Å². The summed E-state index contributed by atoms with van der Waals surface area (Å²) >= 11 is 0. The van der Waals surface area contributed by atoms with E-state index in [-0.39, 0.29) is 24.0 Å². The highest BCUT2D eigenvalue weighted by molar-refractivity contribution is 5.79. The van der Waals surface area contributed by atoms with Gasteiger partial charge in [0.25, 0.3) is 0 Å². The standard InChI is InChI=1S/C19H24N2O2/c1-14(18(20)16-11-7-4-8-12-16)19(22)21-13-17(23-2)15-9-5-3-6-10-15/h3-12,14,17-18H,13,20H2,1-2H3,(H,21,22). The molecule has 3 atom stereocenters. The van der Waals surface area contributed by atoms with Crippen molar-refractivity contribution in [3.63, 3.8) is 0 Å². The normalized spacial score (nSPS) is 14.7. The lowest BCUT2D eigenvalue weighted by molar-refractivity contribution is -0.125. The molecule has 1 amide bonds. The Bertz CT molecular complexity index is 601. The lowest BCUT2D eigenvalue weighted by Gasteiger charge is -2.22. The summed E-state index contributed by atoms with van der Waals surface area (Å²) in [5, 5.41) is 2.94. The van der Waals surface area contributed by atoms with Crippen molar-refractivity contribution in [2.75, 3.05) is 13.7 Å². The second-order valence-corrected chi connectivity index (χ2v) is 5.61. The molecule has 0 aliphatic rings. The Morgan fingerprint density at radius 2 is 1.57 bits per heavy atom. The number of methoxy groups -OCH3 is 1. The minimum atomic E-state index is -0.325. The van der Waals surface area contributed by atoms with Crippen LogP contribution in [0.5, 0.6) is 0 Å². The molecule has 4 heteroatoms. The zero-order valence-electron chi connectivity index (χ0n) is 13.6. The first-order valence-electron chi connectivity index (χ1n) is 7.79. The summed E-state index contributed by atoms with van der Waals surface area (Å²) in [4.78, 5) is 12.4. The predicted octanol–water partition coefficient (Wildman–Crippen LogP) is 2.83. The van der Waals surface area contributed by atoms with Crippen molar-refractivity contribution < 1.29 is 9.53 Å². The van der Waals surface area contributed by atoms with E-state index >= 15 is 0 Å². The van der Waals surface area contributed by atoms with Gasteiger partial charge in [-0.15, -0.1) is 0 Å². The summed E-state index contributed by atoms with van der Waals surface area (Å²) in [6.07, 6.45) is -0.166. The molecule has 0 aliphatic heterocycles. The fraction of sp³-hybridized carbons (Fsp3) is 0.316. The number of nitrogens with one attached hydrogen (secondary N) is 1. The molecule has 0 aromatic heterocycles. The number of carbonyl (C=O) groups excluding carboxylic acids is 1. The second kappa shape index (κ2) is 8.46. The third-order valence-electron chi connectivity index (χ3n) is 4.05. The molecule has 122 valence electrons.